The van der Waals surface area contributed by atoms with Gasteiger partial charge in [0.1, 0.15) is 12.4 Å². The van der Waals surface area contributed by atoms with Crippen molar-refractivity contribution >= 4 is 5.91 Å². The first kappa shape index (κ1) is 13.5. The van der Waals surface area contributed by atoms with Crippen molar-refractivity contribution in [3.05, 3.63) is 47.7 Å². The van der Waals surface area contributed by atoms with E-state index in [1.807, 2.05) is 0 Å². The molecule has 2 aromatic rings. The average molecular weight is 290 g/mol. The molecule has 1 N–H and O–H groups in total. The molecule has 21 heavy (non-hydrogen) atoms. The third-order valence-corrected chi connectivity index (χ3v) is 3.23. The zero-order valence-electron chi connectivity index (χ0n) is 11.0. The maximum absolute atomic E-state index is 12.3. The highest BCUT2D eigenvalue weighted by Crippen LogP contribution is 2.33. The normalized spacial score (nSPS) is 13.2. The molecule has 6 heteroatoms. The molecule has 0 spiro atoms. The maximum atomic E-state index is 12.3. The molecule has 0 saturated carbocycles. The van der Waals surface area contributed by atoms with Gasteiger partial charge in [0.05, 0.1) is 5.69 Å². The van der Waals surface area contributed by atoms with Crippen LogP contribution in [0.4, 0.5) is 8.78 Å². The Labute approximate surface area is 119 Å². The van der Waals surface area contributed by atoms with Gasteiger partial charge in [-0.1, -0.05) is 12.1 Å². The van der Waals surface area contributed by atoms with E-state index in [1.165, 1.54) is 6.20 Å². The smallest absolute Gasteiger partial charge is 0.272 e. The summed E-state index contributed by atoms with van der Waals surface area (Å²) >= 11 is 0. The van der Waals surface area contributed by atoms with Crippen LogP contribution in [0.15, 0.2) is 36.5 Å². The zero-order chi connectivity index (χ0) is 14.8. The first-order chi connectivity index (χ1) is 10.2. The van der Waals surface area contributed by atoms with Crippen LogP contribution in [0.3, 0.4) is 0 Å². The molecule has 0 unspecified atom stereocenters. The van der Waals surface area contributed by atoms with Crippen molar-refractivity contribution in [3.8, 4) is 17.0 Å². The number of hydrogen-bond donors (Lipinski definition) is 1. The highest BCUT2D eigenvalue weighted by Gasteiger charge is 2.24. The van der Waals surface area contributed by atoms with Crippen LogP contribution in [0.2, 0.25) is 0 Å². The summed E-state index contributed by atoms with van der Waals surface area (Å²) in [4.78, 5) is 16.0. The Bertz CT molecular complexity index is 689. The minimum Gasteiger partial charge on any atom is -0.487 e. The Hall–Kier alpha value is -2.50. The number of carbonyl (C=O) groups excluding carboxylic acids is 1. The molecule has 0 radical (unpaired) electrons. The Morgan fingerprint density at radius 3 is 2.86 bits per heavy atom. The number of nitrogens with zero attached hydrogens (tertiary/aromatic N) is 1. The van der Waals surface area contributed by atoms with Gasteiger partial charge in [-0.25, -0.2) is 8.78 Å². The first-order valence-corrected chi connectivity index (χ1v) is 6.43. The van der Waals surface area contributed by atoms with Crippen LogP contribution in [-0.4, -0.2) is 23.9 Å². The van der Waals surface area contributed by atoms with Gasteiger partial charge in [0.25, 0.3) is 12.3 Å². The van der Waals surface area contributed by atoms with Crippen LogP contribution in [0.5, 0.6) is 5.75 Å². The standard InChI is InChI=1S/C15H12F2N2O2/c16-13(17)8-21-12-4-2-1-3-10(12)14-11-7-19-15(20)9(11)5-6-18-14/h1-6,13H,7-8H2,(H,19,20). The van der Waals surface area contributed by atoms with Gasteiger partial charge in [0, 0.05) is 29.4 Å². The fraction of sp³-hybridized carbons (Fsp3) is 0.200. The number of hydrogen-bond acceptors (Lipinski definition) is 3. The summed E-state index contributed by atoms with van der Waals surface area (Å²) in [6.45, 7) is -0.302. The first-order valence-electron chi connectivity index (χ1n) is 6.43. The number of ether oxygens (including phenoxy) is 1. The summed E-state index contributed by atoms with van der Waals surface area (Å²) in [6, 6.07) is 8.48. The lowest BCUT2D eigenvalue weighted by atomic mass is 10.0. The molecular weight excluding hydrogens is 278 g/mol. The second-order valence-electron chi connectivity index (χ2n) is 4.57. The number of nitrogens with one attached hydrogen (secondary N) is 1. The minimum atomic E-state index is -2.55. The van der Waals surface area contributed by atoms with Crippen LogP contribution in [0, 0.1) is 0 Å². The van der Waals surface area contributed by atoms with Gasteiger partial charge in [-0.3, -0.25) is 9.78 Å². The van der Waals surface area contributed by atoms with Crippen molar-refractivity contribution in [1.82, 2.24) is 10.3 Å². The second-order valence-corrected chi connectivity index (χ2v) is 4.57. The van der Waals surface area contributed by atoms with Gasteiger partial charge < -0.3 is 10.1 Å². The number of carbonyl (C=O) groups is 1. The summed E-state index contributed by atoms with van der Waals surface area (Å²) in [6.07, 6.45) is -1.01. The SMILES string of the molecule is O=C1NCc2c1ccnc2-c1ccccc1OCC(F)F. The van der Waals surface area contributed by atoms with Crippen LogP contribution in [0.25, 0.3) is 11.3 Å². The van der Waals surface area contributed by atoms with Crippen LogP contribution in [0.1, 0.15) is 15.9 Å². The number of benzene rings is 1. The predicted molar refractivity (Wildman–Crippen MR) is 72.3 cm³/mol. The van der Waals surface area contributed by atoms with Crippen molar-refractivity contribution in [3.63, 3.8) is 0 Å². The van der Waals surface area contributed by atoms with Gasteiger partial charge in [-0.05, 0) is 18.2 Å². The third kappa shape index (κ3) is 2.56. The van der Waals surface area contributed by atoms with E-state index in [0.29, 0.717) is 29.1 Å². The van der Waals surface area contributed by atoms with E-state index in [2.05, 4.69) is 10.3 Å². The molecule has 1 aliphatic heterocycles. The zero-order valence-corrected chi connectivity index (χ0v) is 11.0. The highest BCUT2D eigenvalue weighted by molar-refractivity contribution is 6.00. The monoisotopic (exact) mass is 290 g/mol. The fourth-order valence-electron chi connectivity index (χ4n) is 2.32. The summed E-state index contributed by atoms with van der Waals surface area (Å²) < 4.78 is 29.8. The van der Waals surface area contributed by atoms with Crippen molar-refractivity contribution in [2.45, 2.75) is 13.0 Å². The van der Waals surface area contributed by atoms with Crippen molar-refractivity contribution in [2.24, 2.45) is 0 Å². The lowest BCUT2D eigenvalue weighted by molar-refractivity contribution is 0.0821. The lowest BCUT2D eigenvalue weighted by Gasteiger charge is -2.12. The Morgan fingerprint density at radius 2 is 2.05 bits per heavy atom. The van der Waals surface area contributed by atoms with Crippen molar-refractivity contribution in [2.75, 3.05) is 6.61 Å². The third-order valence-electron chi connectivity index (χ3n) is 3.23. The van der Waals surface area contributed by atoms with Crippen LogP contribution in [-0.2, 0) is 6.54 Å². The van der Waals surface area contributed by atoms with Gasteiger partial charge in [-0.2, -0.15) is 0 Å². The van der Waals surface area contributed by atoms with E-state index >= 15 is 0 Å². The number of amides is 1. The Kier molecular flexibility index (Phi) is 3.51. The van der Waals surface area contributed by atoms with Crippen molar-refractivity contribution < 1.29 is 18.3 Å². The van der Waals surface area contributed by atoms with Gasteiger partial charge in [0.15, 0.2) is 0 Å². The van der Waals surface area contributed by atoms with E-state index in [9.17, 15) is 13.6 Å². The summed E-state index contributed by atoms with van der Waals surface area (Å²) in [5, 5.41) is 2.73. The molecule has 108 valence electrons. The van der Waals surface area contributed by atoms with E-state index in [0.717, 1.165) is 5.56 Å². The van der Waals surface area contributed by atoms with Gasteiger partial charge >= 0.3 is 0 Å². The number of halogens is 2. The Morgan fingerprint density at radius 1 is 1.24 bits per heavy atom. The number of pyridine rings is 1. The molecule has 1 aromatic carbocycles. The summed E-state index contributed by atoms with van der Waals surface area (Å²) in [5.41, 5.74) is 2.50. The summed E-state index contributed by atoms with van der Waals surface area (Å²) in [7, 11) is 0. The largest absolute Gasteiger partial charge is 0.487 e. The second kappa shape index (κ2) is 5.47. The molecule has 2 heterocycles. The molecule has 0 fully saturated rings. The average Bonchev–Trinajstić information content (AvgIpc) is 2.87. The van der Waals surface area contributed by atoms with Gasteiger partial charge in [0.2, 0.25) is 0 Å². The number of fused-ring (bicyclic) bond motifs is 1. The summed E-state index contributed by atoms with van der Waals surface area (Å²) in [5.74, 6) is 0.178. The molecule has 0 atom stereocenters. The van der Waals surface area contributed by atoms with E-state index in [4.69, 9.17) is 4.74 Å². The molecule has 1 amide bonds. The van der Waals surface area contributed by atoms with E-state index < -0.39 is 13.0 Å². The molecule has 4 nitrogen and oxygen atoms in total. The quantitative estimate of drug-likeness (QED) is 0.941. The van der Waals surface area contributed by atoms with Crippen LogP contribution >= 0.6 is 0 Å². The minimum absolute atomic E-state index is 0.153. The molecule has 1 aromatic heterocycles. The predicted octanol–water partition coefficient (Wildman–Crippen LogP) is 2.64. The molecule has 3 rings (SSSR count). The van der Waals surface area contributed by atoms with E-state index in [1.54, 1.807) is 30.3 Å². The number of rotatable bonds is 4. The van der Waals surface area contributed by atoms with Crippen LogP contribution < -0.4 is 10.1 Å². The van der Waals surface area contributed by atoms with E-state index in [-0.39, 0.29) is 5.91 Å². The fourth-order valence-corrected chi connectivity index (χ4v) is 2.32. The molecular formula is C15H12F2N2O2. The topological polar surface area (TPSA) is 51.2 Å². The Balaban J connectivity index is 2.04. The number of para-hydroxylation sites is 1. The molecule has 0 bridgehead atoms. The number of aromatic nitrogens is 1. The molecule has 0 aliphatic carbocycles. The lowest BCUT2D eigenvalue weighted by Crippen LogP contribution is -2.12. The molecule has 0 saturated heterocycles. The van der Waals surface area contributed by atoms with Crippen molar-refractivity contribution in [1.29, 1.82) is 0 Å². The van der Waals surface area contributed by atoms with Gasteiger partial charge in [-0.15, -0.1) is 0 Å². The number of alkyl halides is 2. The maximum Gasteiger partial charge on any atom is 0.272 e. The molecule has 1 aliphatic rings. The highest BCUT2D eigenvalue weighted by atomic mass is 19.3.